The van der Waals surface area contributed by atoms with Gasteiger partial charge in [0.15, 0.2) is 0 Å². The molecule has 164 valence electrons. The number of rotatable bonds is 6. The molecule has 3 rings (SSSR count). The maximum Gasteiger partial charge on any atom is 0.254 e. The fraction of sp³-hybridized carbons (Fsp3) is 0.318. The Balaban J connectivity index is 1.54. The molecule has 1 heterocycles. The number of halogens is 2. The Kier molecular flexibility index (Phi) is 7.76. The number of piperidine rings is 1. The molecule has 2 aromatic carbocycles. The predicted molar refractivity (Wildman–Crippen MR) is 120 cm³/mol. The number of carbonyl (C=O) groups excluding carboxylic acids is 2. The van der Waals surface area contributed by atoms with E-state index in [9.17, 15) is 9.59 Å². The van der Waals surface area contributed by atoms with Crippen LogP contribution >= 0.6 is 23.2 Å². The van der Waals surface area contributed by atoms with Crippen molar-refractivity contribution in [1.29, 1.82) is 0 Å². The second kappa shape index (κ2) is 10.5. The molecule has 7 nitrogen and oxygen atoms in total. The Labute approximate surface area is 190 Å². The number of methoxy groups -OCH3 is 2. The minimum absolute atomic E-state index is 0.119. The van der Waals surface area contributed by atoms with Crippen molar-refractivity contribution in [2.75, 3.05) is 27.3 Å². The first-order valence-electron chi connectivity index (χ1n) is 9.71. The number of nitrogens with one attached hydrogen (secondary N) is 1. The second-order valence-corrected chi connectivity index (χ2v) is 7.91. The van der Waals surface area contributed by atoms with Gasteiger partial charge in [0.25, 0.3) is 5.91 Å². The fourth-order valence-corrected chi connectivity index (χ4v) is 3.78. The predicted octanol–water partition coefficient (Wildman–Crippen LogP) is 4.01. The highest BCUT2D eigenvalue weighted by atomic mass is 35.5. The normalized spacial score (nSPS) is 14.5. The highest BCUT2D eigenvalue weighted by Crippen LogP contribution is 2.25. The number of hydrazone groups is 1. The molecule has 0 bridgehead atoms. The Morgan fingerprint density at radius 1 is 1.06 bits per heavy atom. The van der Waals surface area contributed by atoms with E-state index in [1.807, 2.05) is 0 Å². The fourth-order valence-electron chi connectivity index (χ4n) is 3.32. The number of carbonyl (C=O) groups is 2. The molecule has 1 fully saturated rings. The van der Waals surface area contributed by atoms with E-state index in [1.54, 1.807) is 41.3 Å². The summed E-state index contributed by atoms with van der Waals surface area (Å²) in [5, 5.41) is 4.96. The van der Waals surface area contributed by atoms with Gasteiger partial charge in [0.2, 0.25) is 5.91 Å². The van der Waals surface area contributed by atoms with E-state index >= 15 is 0 Å². The summed E-state index contributed by atoms with van der Waals surface area (Å²) >= 11 is 12.0. The minimum atomic E-state index is -0.221. The van der Waals surface area contributed by atoms with Crippen LogP contribution in [0.5, 0.6) is 11.5 Å². The van der Waals surface area contributed by atoms with Crippen LogP contribution in [0.25, 0.3) is 0 Å². The maximum atomic E-state index is 12.9. The zero-order valence-corrected chi connectivity index (χ0v) is 18.7. The zero-order chi connectivity index (χ0) is 22.4. The molecule has 0 saturated carbocycles. The molecule has 1 N–H and O–H groups in total. The van der Waals surface area contributed by atoms with Gasteiger partial charge in [0.1, 0.15) is 11.5 Å². The van der Waals surface area contributed by atoms with Gasteiger partial charge in [0, 0.05) is 41.2 Å². The molecular formula is C22H23Cl2N3O4. The van der Waals surface area contributed by atoms with Crippen LogP contribution in [0.2, 0.25) is 10.0 Å². The summed E-state index contributed by atoms with van der Waals surface area (Å²) in [4.78, 5) is 27.0. The van der Waals surface area contributed by atoms with E-state index in [4.69, 9.17) is 32.7 Å². The third-order valence-electron chi connectivity index (χ3n) is 5.09. The first-order valence-corrected chi connectivity index (χ1v) is 10.5. The summed E-state index contributed by atoms with van der Waals surface area (Å²) in [7, 11) is 3.08. The molecule has 0 spiro atoms. The molecule has 0 radical (unpaired) electrons. The van der Waals surface area contributed by atoms with Gasteiger partial charge >= 0.3 is 0 Å². The summed E-state index contributed by atoms with van der Waals surface area (Å²) in [6, 6.07) is 10.1. The molecule has 1 aliphatic rings. The average molecular weight is 464 g/mol. The third kappa shape index (κ3) is 5.89. The number of likely N-dealkylation sites (tertiary alicyclic amines) is 1. The third-order valence-corrected chi connectivity index (χ3v) is 5.65. The molecule has 1 saturated heterocycles. The number of hydrogen-bond donors (Lipinski definition) is 1. The van der Waals surface area contributed by atoms with Crippen molar-refractivity contribution in [3.8, 4) is 11.5 Å². The second-order valence-electron chi connectivity index (χ2n) is 7.07. The van der Waals surface area contributed by atoms with Crippen molar-refractivity contribution in [3.05, 3.63) is 57.6 Å². The number of benzene rings is 2. The van der Waals surface area contributed by atoms with E-state index in [0.29, 0.717) is 58.6 Å². The van der Waals surface area contributed by atoms with Crippen LogP contribution in [0.4, 0.5) is 0 Å². The average Bonchev–Trinajstić information content (AvgIpc) is 2.79. The lowest BCUT2D eigenvalue weighted by Gasteiger charge is -2.31. The molecule has 9 heteroatoms. The lowest BCUT2D eigenvalue weighted by Crippen LogP contribution is -2.42. The van der Waals surface area contributed by atoms with Gasteiger partial charge in [0.05, 0.1) is 25.5 Å². The van der Waals surface area contributed by atoms with Gasteiger partial charge in [-0.15, -0.1) is 0 Å². The Morgan fingerprint density at radius 3 is 2.29 bits per heavy atom. The quantitative estimate of drug-likeness (QED) is 0.518. The molecule has 0 unspecified atom stereocenters. The summed E-state index contributed by atoms with van der Waals surface area (Å²) < 4.78 is 10.5. The van der Waals surface area contributed by atoms with Crippen LogP contribution in [0.1, 0.15) is 28.8 Å². The largest absolute Gasteiger partial charge is 0.497 e. The van der Waals surface area contributed by atoms with Crippen LogP contribution in [0.15, 0.2) is 41.5 Å². The molecule has 2 aromatic rings. The van der Waals surface area contributed by atoms with E-state index in [-0.39, 0.29) is 17.7 Å². The molecule has 2 amide bonds. The number of amides is 2. The molecular weight excluding hydrogens is 441 g/mol. The monoisotopic (exact) mass is 463 g/mol. The van der Waals surface area contributed by atoms with Crippen LogP contribution in [0.3, 0.4) is 0 Å². The van der Waals surface area contributed by atoms with Gasteiger partial charge in [-0.3, -0.25) is 9.59 Å². The maximum absolute atomic E-state index is 12.9. The van der Waals surface area contributed by atoms with Gasteiger partial charge in [-0.25, -0.2) is 5.43 Å². The summed E-state index contributed by atoms with van der Waals surface area (Å²) in [6.07, 6.45) is 2.58. The smallest absolute Gasteiger partial charge is 0.254 e. The van der Waals surface area contributed by atoms with Crippen molar-refractivity contribution in [3.63, 3.8) is 0 Å². The molecule has 0 aliphatic carbocycles. The Bertz CT molecular complexity index is 966. The highest BCUT2D eigenvalue weighted by Gasteiger charge is 2.28. The summed E-state index contributed by atoms with van der Waals surface area (Å²) in [5.74, 6) is 0.580. The number of nitrogens with zero attached hydrogens (tertiary/aromatic N) is 2. The molecule has 0 aromatic heterocycles. The van der Waals surface area contributed by atoms with Gasteiger partial charge in [-0.1, -0.05) is 29.3 Å². The van der Waals surface area contributed by atoms with E-state index in [0.717, 1.165) is 0 Å². The molecule has 0 atom stereocenters. The topological polar surface area (TPSA) is 80.2 Å². The van der Waals surface area contributed by atoms with Gasteiger partial charge in [-0.2, -0.15) is 5.10 Å². The summed E-state index contributed by atoms with van der Waals surface area (Å²) in [6.45, 7) is 0.951. The Hall–Kier alpha value is -2.77. The first kappa shape index (κ1) is 22.9. The SMILES string of the molecule is COc1cc(OC)cc(C(=O)N2CCC(C(=O)N/N=C\c3ccc(Cl)cc3Cl)CC2)c1. The van der Waals surface area contributed by atoms with Crippen molar-refractivity contribution >= 4 is 41.2 Å². The van der Waals surface area contributed by atoms with Crippen LogP contribution in [-0.2, 0) is 4.79 Å². The van der Waals surface area contributed by atoms with Crippen molar-refractivity contribution in [2.24, 2.45) is 11.0 Å². The van der Waals surface area contributed by atoms with E-state index in [1.165, 1.54) is 20.4 Å². The minimum Gasteiger partial charge on any atom is -0.497 e. The zero-order valence-electron chi connectivity index (χ0n) is 17.2. The Morgan fingerprint density at radius 2 is 1.71 bits per heavy atom. The molecule has 1 aliphatic heterocycles. The van der Waals surface area contributed by atoms with E-state index in [2.05, 4.69) is 10.5 Å². The van der Waals surface area contributed by atoms with Crippen molar-refractivity contribution < 1.29 is 19.1 Å². The lowest BCUT2D eigenvalue weighted by molar-refractivity contribution is -0.126. The number of hydrogen-bond acceptors (Lipinski definition) is 5. The van der Waals surface area contributed by atoms with Crippen LogP contribution in [-0.4, -0.2) is 50.2 Å². The standard InChI is InChI=1S/C22H23Cl2N3O4/c1-30-18-9-16(10-19(12-18)31-2)22(29)27-7-5-14(6-8-27)21(28)26-25-13-15-3-4-17(23)11-20(15)24/h3-4,9-14H,5-8H2,1-2H3,(H,26,28)/b25-13-. The number of ether oxygens (including phenoxy) is 2. The summed E-state index contributed by atoms with van der Waals surface area (Å²) in [5.41, 5.74) is 3.69. The lowest BCUT2D eigenvalue weighted by atomic mass is 9.95. The van der Waals surface area contributed by atoms with Crippen LogP contribution in [0, 0.1) is 5.92 Å². The molecule has 31 heavy (non-hydrogen) atoms. The van der Waals surface area contributed by atoms with Gasteiger partial charge in [-0.05, 0) is 37.1 Å². The van der Waals surface area contributed by atoms with Crippen molar-refractivity contribution in [1.82, 2.24) is 10.3 Å². The van der Waals surface area contributed by atoms with Gasteiger partial charge < -0.3 is 14.4 Å². The van der Waals surface area contributed by atoms with Crippen molar-refractivity contribution in [2.45, 2.75) is 12.8 Å². The first-order chi connectivity index (χ1) is 14.9. The highest BCUT2D eigenvalue weighted by molar-refractivity contribution is 6.36. The van der Waals surface area contributed by atoms with Crippen LogP contribution < -0.4 is 14.9 Å². The van der Waals surface area contributed by atoms with E-state index < -0.39 is 0 Å².